The Labute approximate surface area is 92.3 Å². The minimum absolute atomic E-state index is 0.204. The molecule has 1 aromatic carbocycles. The van der Waals surface area contributed by atoms with Crippen LogP contribution in [0.25, 0.3) is 0 Å². The van der Waals surface area contributed by atoms with Gasteiger partial charge in [-0.15, -0.1) is 0 Å². The molecule has 0 aliphatic carbocycles. The highest BCUT2D eigenvalue weighted by atomic mass is 32.2. The van der Waals surface area contributed by atoms with Crippen LogP contribution in [0.4, 0.5) is 5.69 Å². The van der Waals surface area contributed by atoms with Crippen molar-refractivity contribution in [2.75, 3.05) is 5.32 Å². The molecule has 0 unspecified atom stereocenters. The summed E-state index contributed by atoms with van der Waals surface area (Å²) in [6.07, 6.45) is -0.323. The van der Waals surface area contributed by atoms with Gasteiger partial charge in [0, 0.05) is 5.69 Å². The van der Waals surface area contributed by atoms with E-state index in [2.05, 4.69) is 5.32 Å². The summed E-state index contributed by atoms with van der Waals surface area (Å²) < 4.78 is 30.3. The molecule has 0 aromatic heterocycles. The van der Waals surface area contributed by atoms with Crippen molar-refractivity contribution in [2.45, 2.75) is 11.3 Å². The molecule has 0 atom stereocenters. The molecule has 1 aromatic rings. The largest absolute Gasteiger partial charge is 0.325 e. The van der Waals surface area contributed by atoms with Crippen LogP contribution in [0, 0.1) is 11.3 Å². The molecule has 0 aliphatic rings. The SMILES string of the molecule is N#CCC(=O)Nc1cccc(S(=O)(=O)O)c1. The number of benzene rings is 1. The van der Waals surface area contributed by atoms with Crippen molar-refractivity contribution in [3.63, 3.8) is 0 Å². The van der Waals surface area contributed by atoms with Crippen molar-refractivity contribution in [3.05, 3.63) is 24.3 Å². The highest BCUT2D eigenvalue weighted by Crippen LogP contribution is 2.15. The number of nitrogens with zero attached hydrogens (tertiary/aromatic N) is 1. The van der Waals surface area contributed by atoms with Crippen LogP contribution in [-0.4, -0.2) is 18.9 Å². The molecule has 0 aliphatic heterocycles. The van der Waals surface area contributed by atoms with Gasteiger partial charge < -0.3 is 5.32 Å². The van der Waals surface area contributed by atoms with Crippen LogP contribution < -0.4 is 5.32 Å². The lowest BCUT2D eigenvalue weighted by Crippen LogP contribution is -2.10. The Balaban J connectivity index is 2.93. The quantitative estimate of drug-likeness (QED) is 0.759. The topological polar surface area (TPSA) is 107 Å². The molecule has 0 saturated heterocycles. The van der Waals surface area contributed by atoms with Gasteiger partial charge in [0.05, 0.1) is 11.0 Å². The van der Waals surface area contributed by atoms with Crippen LogP contribution in [0.15, 0.2) is 29.2 Å². The summed E-state index contributed by atoms with van der Waals surface area (Å²) in [7, 11) is -4.29. The smallest absolute Gasteiger partial charge is 0.294 e. The molecular formula is C9H8N2O4S. The third-order valence-electron chi connectivity index (χ3n) is 1.66. The molecule has 0 saturated carbocycles. The second-order valence-electron chi connectivity index (χ2n) is 2.89. The van der Waals surface area contributed by atoms with Crippen LogP contribution in [0.1, 0.15) is 6.42 Å². The van der Waals surface area contributed by atoms with E-state index in [0.29, 0.717) is 0 Å². The van der Waals surface area contributed by atoms with Crippen molar-refractivity contribution in [1.82, 2.24) is 0 Å². The molecule has 1 amide bonds. The second kappa shape index (κ2) is 4.74. The van der Waals surface area contributed by atoms with E-state index in [-0.39, 0.29) is 17.0 Å². The third-order valence-corrected chi connectivity index (χ3v) is 2.50. The standard InChI is InChI=1S/C9H8N2O4S/c10-5-4-9(12)11-7-2-1-3-8(6-7)16(13,14)15/h1-3,6H,4H2,(H,11,12)(H,13,14,15). The van der Waals surface area contributed by atoms with Gasteiger partial charge in [-0.05, 0) is 18.2 Å². The molecule has 0 heterocycles. The average molecular weight is 240 g/mol. The summed E-state index contributed by atoms with van der Waals surface area (Å²) in [6, 6.07) is 6.76. The maximum atomic E-state index is 11.0. The normalized spacial score (nSPS) is 10.5. The van der Waals surface area contributed by atoms with E-state index in [1.165, 1.54) is 18.2 Å². The van der Waals surface area contributed by atoms with Gasteiger partial charge >= 0.3 is 0 Å². The predicted molar refractivity (Wildman–Crippen MR) is 55.1 cm³/mol. The van der Waals surface area contributed by atoms with Crippen molar-refractivity contribution >= 4 is 21.7 Å². The Bertz CT molecular complexity index is 545. The van der Waals surface area contributed by atoms with E-state index in [0.717, 1.165) is 6.07 Å². The molecule has 0 radical (unpaired) electrons. The van der Waals surface area contributed by atoms with E-state index >= 15 is 0 Å². The Kier molecular flexibility index (Phi) is 3.60. The predicted octanol–water partition coefficient (Wildman–Crippen LogP) is 0.785. The fraction of sp³-hybridized carbons (Fsp3) is 0.111. The van der Waals surface area contributed by atoms with E-state index in [9.17, 15) is 13.2 Å². The monoisotopic (exact) mass is 240 g/mol. The van der Waals surface area contributed by atoms with Gasteiger partial charge in [0.25, 0.3) is 10.1 Å². The zero-order valence-electron chi connectivity index (χ0n) is 8.04. The van der Waals surface area contributed by atoms with Crippen molar-refractivity contribution in [3.8, 4) is 6.07 Å². The van der Waals surface area contributed by atoms with E-state index in [4.69, 9.17) is 9.81 Å². The van der Waals surface area contributed by atoms with Crippen LogP contribution in [0.2, 0.25) is 0 Å². The molecule has 2 N–H and O–H groups in total. The molecule has 0 spiro atoms. The van der Waals surface area contributed by atoms with Crippen LogP contribution in [0.5, 0.6) is 0 Å². The number of amides is 1. The summed E-state index contributed by atoms with van der Waals surface area (Å²) in [5.74, 6) is -0.546. The molecule has 16 heavy (non-hydrogen) atoms. The maximum absolute atomic E-state index is 11.0. The first-order chi connectivity index (χ1) is 7.43. The van der Waals surface area contributed by atoms with Gasteiger partial charge in [-0.1, -0.05) is 6.07 Å². The number of nitrogens with one attached hydrogen (secondary N) is 1. The molecule has 0 fully saturated rings. The van der Waals surface area contributed by atoms with Crippen LogP contribution in [-0.2, 0) is 14.9 Å². The zero-order valence-corrected chi connectivity index (χ0v) is 8.86. The van der Waals surface area contributed by atoms with Crippen LogP contribution in [0.3, 0.4) is 0 Å². The summed E-state index contributed by atoms with van der Waals surface area (Å²) in [5, 5.41) is 10.6. The Morgan fingerprint density at radius 3 is 2.75 bits per heavy atom. The minimum Gasteiger partial charge on any atom is -0.325 e. The number of carbonyl (C=O) groups excluding carboxylic acids is 1. The summed E-state index contributed by atoms with van der Waals surface area (Å²) >= 11 is 0. The fourth-order valence-corrected chi connectivity index (χ4v) is 1.54. The lowest BCUT2D eigenvalue weighted by Gasteiger charge is -2.03. The molecular weight excluding hydrogens is 232 g/mol. The first kappa shape index (κ1) is 12.2. The first-order valence-electron chi connectivity index (χ1n) is 4.18. The van der Waals surface area contributed by atoms with Crippen molar-refractivity contribution in [2.24, 2.45) is 0 Å². The Morgan fingerprint density at radius 1 is 1.50 bits per heavy atom. The fourth-order valence-electron chi connectivity index (χ4n) is 1.01. The van der Waals surface area contributed by atoms with E-state index < -0.39 is 16.0 Å². The Hall–Kier alpha value is -1.91. The summed E-state index contributed by atoms with van der Waals surface area (Å²) in [4.78, 5) is 10.7. The van der Waals surface area contributed by atoms with Crippen molar-refractivity contribution in [1.29, 1.82) is 5.26 Å². The maximum Gasteiger partial charge on any atom is 0.294 e. The Morgan fingerprint density at radius 2 is 2.19 bits per heavy atom. The summed E-state index contributed by atoms with van der Waals surface area (Å²) in [5.41, 5.74) is 0.204. The van der Waals surface area contributed by atoms with Crippen molar-refractivity contribution < 1.29 is 17.8 Å². The highest BCUT2D eigenvalue weighted by Gasteiger charge is 2.10. The molecule has 84 valence electrons. The second-order valence-corrected chi connectivity index (χ2v) is 4.31. The van der Waals surface area contributed by atoms with Gasteiger partial charge in [0.15, 0.2) is 0 Å². The van der Waals surface area contributed by atoms with E-state index in [1.807, 2.05) is 0 Å². The van der Waals surface area contributed by atoms with Gasteiger partial charge in [0.1, 0.15) is 6.42 Å². The lowest BCUT2D eigenvalue weighted by atomic mass is 10.3. The number of rotatable bonds is 3. The lowest BCUT2D eigenvalue weighted by molar-refractivity contribution is -0.115. The highest BCUT2D eigenvalue weighted by molar-refractivity contribution is 7.85. The number of anilines is 1. The molecule has 0 bridgehead atoms. The van der Waals surface area contributed by atoms with Gasteiger partial charge in [-0.3, -0.25) is 9.35 Å². The number of nitriles is 1. The average Bonchev–Trinajstić information content (AvgIpc) is 2.17. The third kappa shape index (κ3) is 3.34. The molecule has 7 heteroatoms. The molecule has 6 nitrogen and oxygen atoms in total. The van der Waals surface area contributed by atoms with Gasteiger partial charge in [0.2, 0.25) is 5.91 Å². The van der Waals surface area contributed by atoms with Gasteiger partial charge in [-0.2, -0.15) is 13.7 Å². The van der Waals surface area contributed by atoms with Crippen LogP contribution >= 0.6 is 0 Å². The van der Waals surface area contributed by atoms with Gasteiger partial charge in [-0.25, -0.2) is 0 Å². The molecule has 1 rings (SSSR count). The summed E-state index contributed by atoms with van der Waals surface area (Å²) in [6.45, 7) is 0. The zero-order chi connectivity index (χ0) is 12.2. The number of carbonyl (C=O) groups is 1. The minimum atomic E-state index is -4.29. The number of hydrogen-bond donors (Lipinski definition) is 2. The number of hydrogen-bond acceptors (Lipinski definition) is 4. The van der Waals surface area contributed by atoms with E-state index in [1.54, 1.807) is 6.07 Å². The first-order valence-corrected chi connectivity index (χ1v) is 5.62.